The molecule has 1 N–H and O–H groups in total. The minimum Gasteiger partial charge on any atom is -0.462 e. The van der Waals surface area contributed by atoms with Crippen molar-refractivity contribution in [1.82, 2.24) is 4.90 Å². The fourth-order valence-electron chi connectivity index (χ4n) is 7.69. The second kappa shape index (κ2) is 8.66. The van der Waals surface area contributed by atoms with Crippen molar-refractivity contribution in [3.8, 4) is 0 Å². The van der Waals surface area contributed by atoms with E-state index < -0.39 is 11.2 Å². The molecule has 1 aromatic rings. The number of fused-ring (bicyclic) bond motifs is 2. The van der Waals surface area contributed by atoms with Gasteiger partial charge in [-0.25, -0.2) is 0 Å². The summed E-state index contributed by atoms with van der Waals surface area (Å²) in [6.07, 6.45) is 7.63. The Morgan fingerprint density at radius 2 is 1.85 bits per heavy atom. The number of hydrogen-bond acceptors (Lipinski definition) is 5. The molecular formula is C28H41NO4. The first-order chi connectivity index (χ1) is 15.8. The molecule has 1 aromatic carbocycles. The lowest BCUT2D eigenvalue weighted by molar-refractivity contribution is -0.270. The number of carbonyl (C=O) groups is 1. The molecule has 0 aromatic heterocycles. The van der Waals surface area contributed by atoms with Gasteiger partial charge >= 0.3 is 5.97 Å². The minimum atomic E-state index is -0.928. The Morgan fingerprint density at radius 1 is 1.12 bits per heavy atom. The highest BCUT2D eigenvalue weighted by Gasteiger charge is 2.67. The van der Waals surface area contributed by atoms with Gasteiger partial charge in [-0.05, 0) is 82.9 Å². The van der Waals surface area contributed by atoms with E-state index in [0.717, 1.165) is 51.7 Å². The van der Waals surface area contributed by atoms with E-state index in [0.29, 0.717) is 12.3 Å². The largest absolute Gasteiger partial charge is 0.462 e. The number of methoxy groups -OCH3 is 1. The van der Waals surface area contributed by atoms with Gasteiger partial charge in [0.2, 0.25) is 0 Å². The number of hydrogen-bond donors (Lipinski definition) is 1. The minimum absolute atomic E-state index is 0.0543. The predicted octanol–water partition coefficient (Wildman–Crippen LogP) is 4.22. The zero-order valence-corrected chi connectivity index (χ0v) is 20.6. The van der Waals surface area contributed by atoms with Crippen molar-refractivity contribution in [3.63, 3.8) is 0 Å². The Kier molecular flexibility index (Phi) is 6.12. The van der Waals surface area contributed by atoms with Crippen LogP contribution in [0.25, 0.3) is 0 Å². The first-order valence-electron chi connectivity index (χ1n) is 13.0. The number of benzene rings is 1. The first kappa shape index (κ1) is 23.3. The van der Waals surface area contributed by atoms with E-state index in [2.05, 4.69) is 49.1 Å². The molecule has 0 spiro atoms. The maximum atomic E-state index is 13.0. The molecule has 2 aliphatic heterocycles. The van der Waals surface area contributed by atoms with Crippen LogP contribution in [0.4, 0.5) is 0 Å². The second-order valence-corrected chi connectivity index (χ2v) is 11.8. The Hall–Kier alpha value is -1.43. The SMILES string of the molecule is CO[C@]1(C)CCC[C@]2(C)C[C@H]3OC(=O)[C@@H](CN4CCC(Cc5ccccc5)CC4)[C@H]3C[C@@]21O. The molecule has 5 rings (SSSR count). The molecule has 2 saturated heterocycles. The number of ether oxygens (including phenoxy) is 2. The van der Waals surface area contributed by atoms with Gasteiger partial charge in [0.25, 0.3) is 0 Å². The van der Waals surface area contributed by atoms with E-state index in [9.17, 15) is 9.90 Å². The summed E-state index contributed by atoms with van der Waals surface area (Å²) >= 11 is 0. The van der Waals surface area contributed by atoms with Crippen LogP contribution in [0.15, 0.2) is 30.3 Å². The third-order valence-corrected chi connectivity index (χ3v) is 9.98. The fraction of sp³-hybridized carbons (Fsp3) is 0.750. The molecular weight excluding hydrogens is 414 g/mol. The Balaban J connectivity index is 1.25. The first-order valence-corrected chi connectivity index (χ1v) is 13.0. The van der Waals surface area contributed by atoms with Gasteiger partial charge in [0.15, 0.2) is 0 Å². The van der Waals surface area contributed by atoms with Crippen molar-refractivity contribution >= 4 is 5.97 Å². The smallest absolute Gasteiger partial charge is 0.310 e. The summed E-state index contributed by atoms with van der Waals surface area (Å²) in [5, 5.41) is 12.1. The summed E-state index contributed by atoms with van der Waals surface area (Å²) in [7, 11) is 1.73. The van der Waals surface area contributed by atoms with Crippen molar-refractivity contribution < 1.29 is 19.4 Å². The van der Waals surface area contributed by atoms with Crippen LogP contribution in [0.5, 0.6) is 0 Å². The highest BCUT2D eigenvalue weighted by atomic mass is 16.6. The van der Waals surface area contributed by atoms with Crippen LogP contribution in [-0.2, 0) is 20.7 Å². The number of carbonyl (C=O) groups excluding carboxylic acids is 1. The van der Waals surface area contributed by atoms with E-state index in [4.69, 9.17) is 9.47 Å². The van der Waals surface area contributed by atoms with Crippen molar-refractivity contribution in [1.29, 1.82) is 0 Å². The van der Waals surface area contributed by atoms with E-state index in [1.54, 1.807) is 7.11 Å². The summed E-state index contributed by atoms with van der Waals surface area (Å²) < 4.78 is 11.9. The summed E-state index contributed by atoms with van der Waals surface area (Å²) in [6.45, 7) is 7.08. The lowest BCUT2D eigenvalue weighted by atomic mass is 9.49. The van der Waals surface area contributed by atoms with Crippen LogP contribution in [-0.4, -0.2) is 60.0 Å². The molecule has 0 bridgehead atoms. The highest BCUT2D eigenvalue weighted by Crippen LogP contribution is 2.61. The molecule has 2 saturated carbocycles. The van der Waals surface area contributed by atoms with Crippen LogP contribution >= 0.6 is 0 Å². The summed E-state index contributed by atoms with van der Waals surface area (Å²) in [5.41, 5.74) is -0.354. The lowest BCUT2D eigenvalue weighted by Crippen LogP contribution is -2.69. The van der Waals surface area contributed by atoms with Crippen LogP contribution < -0.4 is 0 Å². The fourth-order valence-corrected chi connectivity index (χ4v) is 7.69. The Bertz CT molecular complexity index is 853. The molecule has 5 nitrogen and oxygen atoms in total. The molecule has 4 fully saturated rings. The van der Waals surface area contributed by atoms with E-state index in [1.807, 2.05) is 0 Å². The molecule has 4 aliphatic rings. The molecule has 33 heavy (non-hydrogen) atoms. The highest BCUT2D eigenvalue weighted by molar-refractivity contribution is 5.75. The number of esters is 1. The van der Waals surface area contributed by atoms with Gasteiger partial charge in [-0.1, -0.05) is 37.3 Å². The van der Waals surface area contributed by atoms with E-state index in [-0.39, 0.29) is 29.3 Å². The van der Waals surface area contributed by atoms with Crippen molar-refractivity contribution in [3.05, 3.63) is 35.9 Å². The lowest BCUT2D eigenvalue weighted by Gasteiger charge is -2.62. The third kappa shape index (κ3) is 3.94. The van der Waals surface area contributed by atoms with Gasteiger partial charge in [0.05, 0.1) is 17.1 Å². The zero-order chi connectivity index (χ0) is 23.3. The predicted molar refractivity (Wildman–Crippen MR) is 128 cm³/mol. The standard InChI is InChI=1S/C28H41NO4/c1-26-12-7-13-27(2,32-3)28(26,31)17-22-23(25(30)33-24(22)18-26)19-29-14-10-21(11-15-29)16-20-8-5-4-6-9-20/h4-6,8-9,21-24,31H,7,10-19H2,1-3H3/t22-,23+,24-,26-,27-,28-/m1/s1. The molecule has 6 atom stereocenters. The van der Waals surface area contributed by atoms with Crippen molar-refractivity contribution in [2.75, 3.05) is 26.7 Å². The number of rotatable bonds is 5. The van der Waals surface area contributed by atoms with Crippen LogP contribution in [0.3, 0.4) is 0 Å². The maximum Gasteiger partial charge on any atom is 0.310 e. The maximum absolute atomic E-state index is 13.0. The van der Waals surface area contributed by atoms with Crippen molar-refractivity contribution in [2.45, 2.75) is 82.5 Å². The average Bonchev–Trinajstić information content (AvgIpc) is 3.08. The molecule has 182 valence electrons. The average molecular weight is 456 g/mol. The summed E-state index contributed by atoms with van der Waals surface area (Å²) in [5.74, 6) is 0.594. The number of nitrogens with zero attached hydrogens (tertiary/aromatic N) is 1. The van der Waals surface area contributed by atoms with Gasteiger partial charge < -0.3 is 19.5 Å². The third-order valence-electron chi connectivity index (χ3n) is 9.98. The zero-order valence-electron chi connectivity index (χ0n) is 20.6. The number of likely N-dealkylation sites (tertiary alicyclic amines) is 1. The Labute approximate surface area is 198 Å². The molecule has 0 unspecified atom stereocenters. The van der Waals surface area contributed by atoms with E-state index in [1.165, 1.54) is 18.4 Å². The van der Waals surface area contributed by atoms with Gasteiger partial charge in [-0.2, -0.15) is 0 Å². The second-order valence-electron chi connectivity index (χ2n) is 11.8. The molecule has 5 heteroatoms. The summed E-state index contributed by atoms with van der Waals surface area (Å²) in [4.78, 5) is 15.5. The molecule has 0 radical (unpaired) electrons. The van der Waals surface area contributed by atoms with Gasteiger partial charge in [0, 0.05) is 25.0 Å². The molecule has 2 heterocycles. The van der Waals surface area contributed by atoms with E-state index >= 15 is 0 Å². The summed E-state index contributed by atoms with van der Waals surface area (Å²) in [6, 6.07) is 10.8. The van der Waals surface area contributed by atoms with Crippen LogP contribution in [0.1, 0.15) is 64.4 Å². The van der Waals surface area contributed by atoms with Crippen molar-refractivity contribution in [2.24, 2.45) is 23.2 Å². The molecule has 0 amide bonds. The number of piperidine rings is 1. The van der Waals surface area contributed by atoms with Crippen LogP contribution in [0, 0.1) is 23.2 Å². The monoisotopic (exact) mass is 455 g/mol. The Morgan fingerprint density at radius 3 is 2.55 bits per heavy atom. The quantitative estimate of drug-likeness (QED) is 0.674. The van der Waals surface area contributed by atoms with Gasteiger partial charge in [0.1, 0.15) is 6.10 Å². The normalized spacial score (nSPS) is 41.9. The number of aliphatic hydroxyl groups is 1. The van der Waals surface area contributed by atoms with Crippen LogP contribution in [0.2, 0.25) is 0 Å². The van der Waals surface area contributed by atoms with Gasteiger partial charge in [-0.3, -0.25) is 4.79 Å². The molecule has 2 aliphatic carbocycles. The topological polar surface area (TPSA) is 59.0 Å². The van der Waals surface area contributed by atoms with Gasteiger partial charge in [-0.15, -0.1) is 0 Å².